The standard InChI is InChI=1S/C12H13N3O2/c1-7-4-3-5-9(11(7)16)12(17)13-10-6-8(2)14-15-10/h3-6,16H,1-2H3,(H2,13,14,15,17). The molecule has 0 spiro atoms. The Hall–Kier alpha value is -2.30. The maximum Gasteiger partial charge on any atom is 0.260 e. The molecule has 1 aromatic heterocycles. The van der Waals surface area contributed by atoms with Crippen molar-refractivity contribution in [2.24, 2.45) is 0 Å². The van der Waals surface area contributed by atoms with E-state index in [1.54, 1.807) is 31.2 Å². The van der Waals surface area contributed by atoms with Gasteiger partial charge in [0.2, 0.25) is 0 Å². The minimum Gasteiger partial charge on any atom is -0.507 e. The molecule has 0 unspecified atom stereocenters. The lowest BCUT2D eigenvalue weighted by Crippen LogP contribution is -2.12. The Morgan fingerprint density at radius 2 is 2.18 bits per heavy atom. The summed E-state index contributed by atoms with van der Waals surface area (Å²) < 4.78 is 0. The van der Waals surface area contributed by atoms with E-state index in [1.807, 2.05) is 6.92 Å². The molecule has 3 N–H and O–H groups in total. The van der Waals surface area contributed by atoms with Crippen LogP contribution < -0.4 is 5.32 Å². The third kappa shape index (κ3) is 2.28. The molecule has 17 heavy (non-hydrogen) atoms. The normalized spacial score (nSPS) is 10.2. The molecule has 1 amide bonds. The summed E-state index contributed by atoms with van der Waals surface area (Å²) in [6.07, 6.45) is 0. The van der Waals surface area contributed by atoms with Crippen LogP contribution in [-0.4, -0.2) is 21.2 Å². The fourth-order valence-electron chi connectivity index (χ4n) is 1.51. The van der Waals surface area contributed by atoms with Crippen LogP contribution in [0.25, 0.3) is 0 Å². The van der Waals surface area contributed by atoms with Crippen molar-refractivity contribution in [3.63, 3.8) is 0 Å². The summed E-state index contributed by atoms with van der Waals surface area (Å²) in [5, 5.41) is 19.0. The molecular weight excluding hydrogens is 218 g/mol. The molecule has 0 saturated carbocycles. The summed E-state index contributed by atoms with van der Waals surface area (Å²) in [4.78, 5) is 11.9. The zero-order valence-electron chi connectivity index (χ0n) is 9.61. The fraction of sp³-hybridized carbons (Fsp3) is 0.167. The summed E-state index contributed by atoms with van der Waals surface area (Å²) in [5.41, 5.74) is 1.76. The van der Waals surface area contributed by atoms with Gasteiger partial charge in [-0.1, -0.05) is 12.1 Å². The molecule has 1 aromatic carbocycles. The van der Waals surface area contributed by atoms with Crippen molar-refractivity contribution in [3.05, 3.63) is 41.1 Å². The number of carbonyl (C=O) groups excluding carboxylic acids is 1. The Bertz CT molecular complexity index is 561. The number of rotatable bonds is 2. The third-order valence-corrected chi connectivity index (χ3v) is 2.43. The second-order valence-electron chi connectivity index (χ2n) is 3.86. The van der Waals surface area contributed by atoms with Crippen LogP contribution in [0, 0.1) is 13.8 Å². The molecule has 0 aliphatic heterocycles. The van der Waals surface area contributed by atoms with Gasteiger partial charge in [0.1, 0.15) is 5.75 Å². The minimum absolute atomic E-state index is 0.00254. The number of nitrogens with zero attached hydrogens (tertiary/aromatic N) is 1. The van der Waals surface area contributed by atoms with E-state index in [1.165, 1.54) is 0 Å². The number of carbonyl (C=O) groups is 1. The topological polar surface area (TPSA) is 78.0 Å². The van der Waals surface area contributed by atoms with E-state index < -0.39 is 0 Å². The highest BCUT2D eigenvalue weighted by atomic mass is 16.3. The molecule has 0 fully saturated rings. The quantitative estimate of drug-likeness (QED) is 0.739. The number of aryl methyl sites for hydroxylation is 2. The van der Waals surface area contributed by atoms with Gasteiger partial charge in [0, 0.05) is 11.8 Å². The number of para-hydroxylation sites is 1. The number of anilines is 1. The number of nitrogens with one attached hydrogen (secondary N) is 2. The molecule has 0 radical (unpaired) electrons. The first-order valence-corrected chi connectivity index (χ1v) is 5.20. The second-order valence-corrected chi connectivity index (χ2v) is 3.86. The van der Waals surface area contributed by atoms with Crippen molar-refractivity contribution in [1.29, 1.82) is 0 Å². The lowest BCUT2D eigenvalue weighted by molar-refractivity contribution is 0.102. The Morgan fingerprint density at radius 1 is 1.41 bits per heavy atom. The van der Waals surface area contributed by atoms with Crippen LogP contribution in [0.4, 0.5) is 5.82 Å². The molecule has 0 saturated heterocycles. The second kappa shape index (κ2) is 4.29. The van der Waals surface area contributed by atoms with Gasteiger partial charge in [0.25, 0.3) is 5.91 Å². The van der Waals surface area contributed by atoms with Crippen molar-refractivity contribution in [1.82, 2.24) is 10.2 Å². The number of aromatic nitrogens is 2. The molecule has 2 rings (SSSR count). The lowest BCUT2D eigenvalue weighted by Gasteiger charge is -2.06. The van der Waals surface area contributed by atoms with Gasteiger partial charge in [-0.3, -0.25) is 9.89 Å². The summed E-state index contributed by atoms with van der Waals surface area (Å²) in [6.45, 7) is 3.58. The smallest absolute Gasteiger partial charge is 0.260 e. The molecule has 88 valence electrons. The number of phenolic OH excluding ortho intramolecular Hbond substituents is 1. The lowest BCUT2D eigenvalue weighted by atomic mass is 10.1. The zero-order valence-corrected chi connectivity index (χ0v) is 9.61. The van der Waals surface area contributed by atoms with Crippen molar-refractivity contribution < 1.29 is 9.90 Å². The van der Waals surface area contributed by atoms with E-state index in [2.05, 4.69) is 15.5 Å². The maximum absolute atomic E-state index is 11.9. The van der Waals surface area contributed by atoms with Crippen LogP contribution in [0.2, 0.25) is 0 Å². The van der Waals surface area contributed by atoms with Crippen LogP contribution in [0.3, 0.4) is 0 Å². The molecule has 1 heterocycles. The van der Waals surface area contributed by atoms with Crippen molar-refractivity contribution in [2.75, 3.05) is 5.32 Å². The zero-order chi connectivity index (χ0) is 12.4. The van der Waals surface area contributed by atoms with Crippen LogP contribution in [0.15, 0.2) is 24.3 Å². The van der Waals surface area contributed by atoms with Crippen molar-refractivity contribution in [2.45, 2.75) is 13.8 Å². The molecule has 5 nitrogen and oxygen atoms in total. The SMILES string of the molecule is Cc1cc(NC(=O)c2cccc(C)c2O)n[nH]1. The number of benzene rings is 1. The van der Waals surface area contributed by atoms with Crippen LogP contribution >= 0.6 is 0 Å². The number of aromatic hydroxyl groups is 1. The fourth-order valence-corrected chi connectivity index (χ4v) is 1.51. The van der Waals surface area contributed by atoms with Crippen molar-refractivity contribution >= 4 is 11.7 Å². The maximum atomic E-state index is 11.9. The Morgan fingerprint density at radius 3 is 2.82 bits per heavy atom. The number of hydrogen-bond donors (Lipinski definition) is 3. The highest BCUT2D eigenvalue weighted by Crippen LogP contribution is 2.22. The van der Waals surface area contributed by atoms with Crippen molar-refractivity contribution in [3.8, 4) is 5.75 Å². The molecule has 0 atom stereocenters. The van der Waals surface area contributed by atoms with E-state index in [-0.39, 0.29) is 17.2 Å². The van der Waals surface area contributed by atoms with Gasteiger partial charge >= 0.3 is 0 Å². The summed E-state index contributed by atoms with van der Waals surface area (Å²) in [6, 6.07) is 6.74. The van der Waals surface area contributed by atoms with Crippen LogP contribution in [-0.2, 0) is 0 Å². The molecule has 0 aliphatic rings. The van der Waals surface area contributed by atoms with E-state index in [9.17, 15) is 9.90 Å². The van der Waals surface area contributed by atoms with Gasteiger partial charge in [0.05, 0.1) is 5.56 Å². The van der Waals surface area contributed by atoms with Crippen LogP contribution in [0.1, 0.15) is 21.6 Å². The first-order chi connectivity index (χ1) is 8.08. The van der Waals surface area contributed by atoms with Gasteiger partial charge in [-0.25, -0.2) is 0 Å². The van der Waals surface area contributed by atoms with E-state index in [4.69, 9.17) is 0 Å². The summed E-state index contributed by atoms with van der Waals surface area (Å²) in [7, 11) is 0. The summed E-state index contributed by atoms with van der Waals surface area (Å²) >= 11 is 0. The Labute approximate surface area is 98.5 Å². The number of amides is 1. The number of phenols is 1. The van der Waals surface area contributed by atoms with Gasteiger partial charge < -0.3 is 10.4 Å². The number of aromatic amines is 1. The average molecular weight is 231 g/mol. The Kier molecular flexibility index (Phi) is 2.82. The number of hydrogen-bond acceptors (Lipinski definition) is 3. The van der Waals surface area contributed by atoms with Crippen LogP contribution in [0.5, 0.6) is 5.75 Å². The van der Waals surface area contributed by atoms with E-state index in [0.717, 1.165) is 5.69 Å². The number of H-pyrrole nitrogens is 1. The summed E-state index contributed by atoms with van der Waals surface area (Å²) in [5.74, 6) is 0.0587. The van der Waals surface area contributed by atoms with E-state index >= 15 is 0 Å². The highest BCUT2D eigenvalue weighted by molar-refractivity contribution is 6.05. The van der Waals surface area contributed by atoms with Gasteiger partial charge in [-0.05, 0) is 25.5 Å². The Balaban J connectivity index is 2.23. The van der Waals surface area contributed by atoms with Gasteiger partial charge in [0.15, 0.2) is 5.82 Å². The largest absolute Gasteiger partial charge is 0.507 e. The van der Waals surface area contributed by atoms with Gasteiger partial charge in [-0.2, -0.15) is 5.10 Å². The first kappa shape index (κ1) is 11.2. The third-order valence-electron chi connectivity index (χ3n) is 2.43. The monoisotopic (exact) mass is 231 g/mol. The molecule has 0 aliphatic carbocycles. The molecular formula is C12H13N3O2. The average Bonchev–Trinajstić information content (AvgIpc) is 2.68. The first-order valence-electron chi connectivity index (χ1n) is 5.20. The predicted octanol–water partition coefficient (Wildman–Crippen LogP) is 1.98. The highest BCUT2D eigenvalue weighted by Gasteiger charge is 2.13. The predicted molar refractivity (Wildman–Crippen MR) is 64.1 cm³/mol. The van der Waals surface area contributed by atoms with Gasteiger partial charge in [-0.15, -0.1) is 0 Å². The van der Waals surface area contributed by atoms with E-state index in [0.29, 0.717) is 11.4 Å². The molecule has 5 heteroatoms. The molecule has 0 bridgehead atoms. The molecule has 2 aromatic rings. The minimum atomic E-state index is -0.377.